The molecule has 6 heterocycles. The molecule has 0 spiro atoms. The van der Waals surface area contributed by atoms with Crippen LogP contribution in [0, 0.1) is 13.8 Å². The fraction of sp³-hybridized carbons (Fsp3) is 0.133. The van der Waals surface area contributed by atoms with Gasteiger partial charge < -0.3 is 15.3 Å². The quantitative estimate of drug-likeness (QED) is 0.366. The van der Waals surface area contributed by atoms with E-state index in [1.54, 1.807) is 0 Å². The maximum atomic E-state index is 5.08. The van der Waals surface area contributed by atoms with Crippen molar-refractivity contribution >= 4 is 51.1 Å². The normalized spacial score (nSPS) is 14.8. The average Bonchev–Trinajstić information content (AvgIpc) is 3.48. The molecule has 3 aliphatic rings. The lowest BCUT2D eigenvalue weighted by atomic mass is 10.1. The highest BCUT2D eigenvalue weighted by Crippen LogP contribution is 2.31. The number of allylic oxidation sites excluding steroid dienone is 6. The Morgan fingerprint density at radius 1 is 0.657 bits per heavy atom. The number of aromatic nitrogens is 4. The van der Waals surface area contributed by atoms with Gasteiger partial charge in [0.05, 0.1) is 28.3 Å². The molecular weight excluding hydrogens is 430 g/mol. The maximum Gasteiger partial charge on any atom is 0.0754 e. The highest BCUT2D eigenvalue weighted by Gasteiger charge is 2.16. The number of fused-ring (bicyclic) bond motifs is 8. The van der Waals surface area contributed by atoms with Gasteiger partial charge in [0.15, 0.2) is 0 Å². The van der Waals surface area contributed by atoms with Crippen LogP contribution in [0.5, 0.6) is 0 Å². The summed E-state index contributed by atoms with van der Waals surface area (Å²) in [5.74, 6) is 0. The highest BCUT2D eigenvalue weighted by atomic mass is 14.9. The molecule has 0 aromatic carbocycles. The van der Waals surface area contributed by atoms with Crippen molar-refractivity contribution in [1.29, 1.82) is 0 Å². The third-order valence-corrected chi connectivity index (χ3v) is 6.63. The molecule has 0 atom stereocenters. The molecule has 0 saturated carbocycles. The Kier molecular flexibility index (Phi) is 4.92. The predicted molar refractivity (Wildman–Crippen MR) is 147 cm³/mol. The SMILES string of the molecule is CC1=Cc2cc3[nH]c(cc3C)c(C3=CC=CC=CN3)c3nc(cc4cc(C)c(cc1n2)[nH]4)C(C)=C3. The standard InChI is InChI=1S/C30H27N5/c1-17-10-21-14-24-19(3)12-28(34-24)30(23-8-6-5-7-9-31-23)29-13-20(4)25(35-29)15-22-11-18(2)27(33-22)16-26(17)32-21/h5-16,31-32,35H,1-4H3. The van der Waals surface area contributed by atoms with Gasteiger partial charge in [-0.05, 0) is 105 Å². The summed E-state index contributed by atoms with van der Waals surface area (Å²) in [5, 5.41) is 3.44. The average molecular weight is 458 g/mol. The summed E-state index contributed by atoms with van der Waals surface area (Å²) in [7, 11) is 0. The molecule has 3 aromatic rings. The molecule has 3 aliphatic heterocycles. The van der Waals surface area contributed by atoms with Crippen molar-refractivity contribution in [2.45, 2.75) is 27.7 Å². The molecule has 0 radical (unpaired) electrons. The van der Waals surface area contributed by atoms with Crippen molar-refractivity contribution in [3.63, 3.8) is 0 Å². The smallest absolute Gasteiger partial charge is 0.0754 e. The van der Waals surface area contributed by atoms with Gasteiger partial charge in [0.1, 0.15) is 0 Å². The van der Waals surface area contributed by atoms with Crippen molar-refractivity contribution in [2.24, 2.45) is 0 Å². The minimum atomic E-state index is 0.927. The number of nitrogens with zero attached hydrogens (tertiary/aromatic N) is 2. The first-order chi connectivity index (χ1) is 16.9. The van der Waals surface area contributed by atoms with Crippen LogP contribution in [0.3, 0.4) is 0 Å². The minimum absolute atomic E-state index is 0.927. The molecule has 5 nitrogen and oxygen atoms in total. The molecule has 5 heteroatoms. The second-order valence-electron chi connectivity index (χ2n) is 9.34. The summed E-state index contributed by atoms with van der Waals surface area (Å²) in [4.78, 5) is 17.2. The molecular formula is C30H27N5. The first-order valence-corrected chi connectivity index (χ1v) is 11.8. The van der Waals surface area contributed by atoms with Crippen LogP contribution >= 0.6 is 0 Å². The summed E-state index contributed by atoms with van der Waals surface area (Å²) in [5.41, 5.74) is 14.6. The second kappa shape index (κ2) is 8.13. The van der Waals surface area contributed by atoms with Gasteiger partial charge >= 0.3 is 0 Å². The third kappa shape index (κ3) is 3.85. The molecule has 3 N–H and O–H groups in total. The number of hydrogen-bond acceptors (Lipinski definition) is 3. The number of H-pyrrole nitrogens is 2. The Bertz CT molecular complexity index is 1700. The molecule has 172 valence electrons. The fourth-order valence-electron chi connectivity index (χ4n) is 4.73. The lowest BCUT2D eigenvalue weighted by Gasteiger charge is -2.08. The monoisotopic (exact) mass is 457 g/mol. The van der Waals surface area contributed by atoms with Crippen LogP contribution in [-0.2, 0) is 0 Å². The zero-order chi connectivity index (χ0) is 24.1. The Balaban J connectivity index is 1.76. The van der Waals surface area contributed by atoms with Crippen molar-refractivity contribution in [1.82, 2.24) is 25.3 Å². The van der Waals surface area contributed by atoms with Crippen LogP contribution in [0.4, 0.5) is 0 Å². The number of aromatic amines is 2. The van der Waals surface area contributed by atoms with E-state index in [1.165, 1.54) is 5.56 Å². The molecule has 0 aliphatic carbocycles. The lowest BCUT2D eigenvalue weighted by molar-refractivity contribution is 1.20. The van der Waals surface area contributed by atoms with Gasteiger partial charge in [-0.15, -0.1) is 0 Å². The van der Waals surface area contributed by atoms with E-state index in [1.807, 2.05) is 24.4 Å². The van der Waals surface area contributed by atoms with E-state index in [0.29, 0.717) is 0 Å². The van der Waals surface area contributed by atoms with E-state index < -0.39 is 0 Å². The van der Waals surface area contributed by atoms with Gasteiger partial charge in [-0.1, -0.05) is 12.2 Å². The maximum absolute atomic E-state index is 5.08. The van der Waals surface area contributed by atoms with Gasteiger partial charge in [0.2, 0.25) is 0 Å². The Morgan fingerprint density at radius 3 is 2.31 bits per heavy atom. The van der Waals surface area contributed by atoms with Gasteiger partial charge in [0, 0.05) is 34.0 Å². The lowest BCUT2D eigenvalue weighted by Crippen LogP contribution is -2.05. The minimum Gasteiger partial charge on any atom is -0.361 e. The number of rotatable bonds is 1. The van der Waals surface area contributed by atoms with Crippen LogP contribution in [-0.4, -0.2) is 19.9 Å². The zero-order valence-electron chi connectivity index (χ0n) is 20.3. The summed E-state index contributed by atoms with van der Waals surface area (Å²) in [6.45, 7) is 8.47. The van der Waals surface area contributed by atoms with Gasteiger partial charge in [-0.2, -0.15) is 0 Å². The Labute approximate surface area is 204 Å². The first-order valence-electron chi connectivity index (χ1n) is 11.8. The number of hydrogen-bond donors (Lipinski definition) is 3. The van der Waals surface area contributed by atoms with E-state index in [-0.39, 0.29) is 0 Å². The molecule has 8 bridgehead atoms. The largest absolute Gasteiger partial charge is 0.361 e. The topological polar surface area (TPSA) is 69.4 Å². The van der Waals surface area contributed by atoms with Gasteiger partial charge in [-0.3, -0.25) is 0 Å². The van der Waals surface area contributed by atoms with E-state index in [2.05, 4.69) is 91.5 Å². The van der Waals surface area contributed by atoms with E-state index in [4.69, 9.17) is 9.97 Å². The first kappa shape index (κ1) is 21.2. The zero-order valence-corrected chi connectivity index (χ0v) is 20.3. The molecule has 3 aromatic heterocycles. The van der Waals surface area contributed by atoms with Crippen LogP contribution in [0.2, 0.25) is 0 Å². The van der Waals surface area contributed by atoms with E-state index in [9.17, 15) is 0 Å². The van der Waals surface area contributed by atoms with Crippen molar-refractivity contribution in [3.05, 3.63) is 100 Å². The summed E-state index contributed by atoms with van der Waals surface area (Å²) in [6, 6.07) is 10.7. The highest BCUT2D eigenvalue weighted by molar-refractivity contribution is 5.92. The predicted octanol–water partition coefficient (Wildman–Crippen LogP) is 7.07. The van der Waals surface area contributed by atoms with Crippen molar-refractivity contribution in [2.75, 3.05) is 0 Å². The van der Waals surface area contributed by atoms with Gasteiger partial charge in [-0.25, -0.2) is 9.97 Å². The second-order valence-corrected chi connectivity index (χ2v) is 9.34. The van der Waals surface area contributed by atoms with E-state index >= 15 is 0 Å². The van der Waals surface area contributed by atoms with Crippen LogP contribution in [0.15, 0.2) is 60.8 Å². The Morgan fingerprint density at radius 2 is 1.43 bits per heavy atom. The summed E-state index contributed by atoms with van der Waals surface area (Å²) >= 11 is 0. The summed E-state index contributed by atoms with van der Waals surface area (Å²) in [6.07, 6.45) is 14.4. The Hall–Kier alpha value is -4.38. The van der Waals surface area contributed by atoms with Crippen LogP contribution < -0.4 is 5.32 Å². The molecule has 0 amide bonds. The fourth-order valence-corrected chi connectivity index (χ4v) is 4.73. The third-order valence-electron chi connectivity index (χ3n) is 6.63. The molecule has 35 heavy (non-hydrogen) atoms. The van der Waals surface area contributed by atoms with Crippen LogP contribution in [0.1, 0.15) is 53.3 Å². The van der Waals surface area contributed by atoms with Gasteiger partial charge in [0.25, 0.3) is 0 Å². The van der Waals surface area contributed by atoms with E-state index in [0.717, 1.165) is 72.8 Å². The summed E-state index contributed by atoms with van der Waals surface area (Å²) < 4.78 is 0. The molecule has 6 rings (SSSR count). The van der Waals surface area contributed by atoms with Crippen molar-refractivity contribution < 1.29 is 0 Å². The molecule has 0 saturated heterocycles. The number of nitrogens with one attached hydrogen (secondary N) is 3. The molecule has 0 unspecified atom stereocenters. The molecule has 0 fully saturated rings. The number of aryl methyl sites for hydroxylation is 2. The van der Waals surface area contributed by atoms with Crippen LogP contribution in [0.25, 0.3) is 51.1 Å². The van der Waals surface area contributed by atoms with Crippen molar-refractivity contribution in [3.8, 4) is 0 Å².